The zero-order valence-corrected chi connectivity index (χ0v) is 11.2. The van der Waals surface area contributed by atoms with Crippen molar-refractivity contribution in [3.05, 3.63) is 65.0 Å². The van der Waals surface area contributed by atoms with Crippen LogP contribution in [0.1, 0.15) is 21.5 Å². The van der Waals surface area contributed by atoms with E-state index in [9.17, 15) is 9.18 Å². The Morgan fingerprint density at radius 1 is 1.21 bits per heavy atom. The number of carboxylic acid groups (broad SMARTS) is 1. The van der Waals surface area contributed by atoms with Gasteiger partial charge < -0.3 is 5.11 Å². The molecule has 19 heavy (non-hydrogen) atoms. The summed E-state index contributed by atoms with van der Waals surface area (Å²) in [5.41, 5.74) is 2.36. The van der Waals surface area contributed by atoms with Crippen LogP contribution in [-0.2, 0) is 5.75 Å². The van der Waals surface area contributed by atoms with E-state index < -0.39 is 5.97 Å². The van der Waals surface area contributed by atoms with Gasteiger partial charge in [0.2, 0.25) is 0 Å². The van der Waals surface area contributed by atoms with E-state index in [1.54, 1.807) is 0 Å². The lowest BCUT2D eigenvalue weighted by Gasteiger charge is -2.05. The van der Waals surface area contributed by atoms with Crippen LogP contribution in [0.25, 0.3) is 0 Å². The van der Waals surface area contributed by atoms with Crippen LogP contribution in [0.15, 0.2) is 47.4 Å². The van der Waals surface area contributed by atoms with Crippen LogP contribution < -0.4 is 0 Å². The van der Waals surface area contributed by atoms with Crippen molar-refractivity contribution >= 4 is 17.7 Å². The van der Waals surface area contributed by atoms with Crippen LogP contribution in [0.4, 0.5) is 4.39 Å². The van der Waals surface area contributed by atoms with E-state index in [2.05, 4.69) is 0 Å². The molecule has 2 aromatic rings. The largest absolute Gasteiger partial charge is 0.478 e. The summed E-state index contributed by atoms with van der Waals surface area (Å²) >= 11 is 1.30. The summed E-state index contributed by atoms with van der Waals surface area (Å²) in [7, 11) is 0. The molecule has 98 valence electrons. The number of carboxylic acids is 1. The van der Waals surface area contributed by atoms with Gasteiger partial charge >= 0.3 is 5.97 Å². The van der Waals surface area contributed by atoms with Gasteiger partial charge in [0.1, 0.15) is 5.82 Å². The number of halogens is 1. The van der Waals surface area contributed by atoms with Crippen molar-refractivity contribution in [3.63, 3.8) is 0 Å². The molecule has 2 aromatic carbocycles. The van der Waals surface area contributed by atoms with Crippen molar-refractivity contribution < 1.29 is 14.3 Å². The molecule has 0 fully saturated rings. The molecule has 0 amide bonds. The fourth-order valence-corrected chi connectivity index (χ4v) is 2.52. The van der Waals surface area contributed by atoms with E-state index in [0.717, 1.165) is 5.56 Å². The molecule has 0 aliphatic heterocycles. The van der Waals surface area contributed by atoms with Crippen molar-refractivity contribution in [1.29, 1.82) is 0 Å². The maximum atomic E-state index is 13.6. The van der Waals surface area contributed by atoms with Gasteiger partial charge in [-0.3, -0.25) is 0 Å². The van der Waals surface area contributed by atoms with Crippen LogP contribution in [0.5, 0.6) is 0 Å². The summed E-state index contributed by atoms with van der Waals surface area (Å²) in [6.07, 6.45) is 0. The minimum absolute atomic E-state index is 0.104. The molecule has 2 nitrogen and oxygen atoms in total. The smallest absolute Gasteiger partial charge is 0.335 e. The second-order valence-electron chi connectivity index (χ2n) is 4.22. The highest BCUT2D eigenvalue weighted by atomic mass is 32.2. The van der Waals surface area contributed by atoms with Crippen molar-refractivity contribution in [3.8, 4) is 0 Å². The van der Waals surface area contributed by atoms with E-state index in [0.29, 0.717) is 10.6 Å². The second-order valence-corrected chi connectivity index (χ2v) is 5.24. The lowest BCUT2D eigenvalue weighted by Crippen LogP contribution is -1.97. The Hall–Kier alpha value is -1.81. The Bertz CT molecular complexity index is 594. The highest BCUT2D eigenvalue weighted by Gasteiger charge is 2.09. The van der Waals surface area contributed by atoms with E-state index in [1.807, 2.05) is 31.2 Å². The molecule has 0 saturated carbocycles. The Morgan fingerprint density at radius 3 is 2.53 bits per heavy atom. The molecule has 0 aliphatic rings. The van der Waals surface area contributed by atoms with Gasteiger partial charge in [0, 0.05) is 10.6 Å². The lowest BCUT2D eigenvalue weighted by atomic mass is 10.2. The van der Waals surface area contributed by atoms with Crippen LogP contribution in [0, 0.1) is 12.7 Å². The molecule has 0 heterocycles. The highest BCUT2D eigenvalue weighted by Crippen LogP contribution is 2.26. The van der Waals surface area contributed by atoms with E-state index in [1.165, 1.54) is 35.5 Å². The van der Waals surface area contributed by atoms with E-state index in [-0.39, 0.29) is 11.4 Å². The number of rotatable bonds is 4. The highest BCUT2D eigenvalue weighted by molar-refractivity contribution is 7.98. The van der Waals surface area contributed by atoms with Gasteiger partial charge in [0.25, 0.3) is 0 Å². The Labute approximate surface area is 115 Å². The molecular formula is C15H13FO2S. The van der Waals surface area contributed by atoms with Crippen LogP contribution in [-0.4, -0.2) is 11.1 Å². The number of benzene rings is 2. The molecule has 2 rings (SSSR count). The summed E-state index contributed by atoms with van der Waals surface area (Å²) in [4.78, 5) is 11.2. The molecule has 0 atom stereocenters. The Balaban J connectivity index is 2.12. The number of carbonyl (C=O) groups is 1. The SMILES string of the molecule is Cc1ccc(CSc2cc(C(=O)O)ccc2F)cc1. The predicted molar refractivity (Wildman–Crippen MR) is 74.1 cm³/mol. The zero-order valence-electron chi connectivity index (χ0n) is 10.4. The number of hydrogen-bond acceptors (Lipinski definition) is 2. The molecule has 0 saturated heterocycles. The molecule has 0 aliphatic carbocycles. The van der Waals surface area contributed by atoms with Gasteiger partial charge in [-0.05, 0) is 30.7 Å². The van der Waals surface area contributed by atoms with Gasteiger partial charge in [-0.2, -0.15) is 0 Å². The van der Waals surface area contributed by atoms with Gasteiger partial charge in [0.05, 0.1) is 5.56 Å². The van der Waals surface area contributed by atoms with Gasteiger partial charge in [-0.25, -0.2) is 9.18 Å². The molecule has 0 bridgehead atoms. The topological polar surface area (TPSA) is 37.3 Å². The maximum Gasteiger partial charge on any atom is 0.335 e. The van der Waals surface area contributed by atoms with Crippen molar-refractivity contribution in [2.24, 2.45) is 0 Å². The number of thioether (sulfide) groups is 1. The molecule has 4 heteroatoms. The molecule has 1 N–H and O–H groups in total. The van der Waals surface area contributed by atoms with Crippen molar-refractivity contribution in [1.82, 2.24) is 0 Å². The first kappa shape index (κ1) is 13.6. The van der Waals surface area contributed by atoms with Gasteiger partial charge in [-0.1, -0.05) is 29.8 Å². The van der Waals surface area contributed by atoms with Crippen molar-refractivity contribution in [2.75, 3.05) is 0 Å². The molecule has 0 radical (unpaired) electrons. The fourth-order valence-electron chi connectivity index (χ4n) is 1.59. The third kappa shape index (κ3) is 3.58. The van der Waals surface area contributed by atoms with E-state index in [4.69, 9.17) is 5.11 Å². The van der Waals surface area contributed by atoms with Crippen LogP contribution in [0.3, 0.4) is 0 Å². The quantitative estimate of drug-likeness (QED) is 0.853. The third-order valence-corrected chi connectivity index (χ3v) is 3.79. The standard InChI is InChI=1S/C15H13FO2S/c1-10-2-4-11(5-3-10)9-19-14-8-12(15(17)18)6-7-13(14)16/h2-8H,9H2,1H3,(H,17,18). The average molecular weight is 276 g/mol. The summed E-state index contributed by atoms with van der Waals surface area (Å²) < 4.78 is 13.6. The summed E-state index contributed by atoms with van der Waals surface area (Å²) in [5, 5.41) is 8.88. The summed E-state index contributed by atoms with van der Waals surface area (Å²) in [5.74, 6) is -0.820. The lowest BCUT2D eigenvalue weighted by molar-refractivity contribution is 0.0696. The average Bonchev–Trinajstić information content (AvgIpc) is 2.39. The Kier molecular flexibility index (Phi) is 4.22. The minimum Gasteiger partial charge on any atom is -0.478 e. The molecular weight excluding hydrogens is 263 g/mol. The fraction of sp³-hybridized carbons (Fsp3) is 0.133. The first-order chi connectivity index (χ1) is 9.06. The number of aryl methyl sites for hydroxylation is 1. The normalized spacial score (nSPS) is 10.4. The van der Waals surface area contributed by atoms with Crippen molar-refractivity contribution in [2.45, 2.75) is 17.6 Å². The second kappa shape index (κ2) is 5.89. The van der Waals surface area contributed by atoms with Crippen LogP contribution in [0.2, 0.25) is 0 Å². The Morgan fingerprint density at radius 2 is 1.89 bits per heavy atom. The number of hydrogen-bond donors (Lipinski definition) is 1. The third-order valence-electron chi connectivity index (χ3n) is 2.69. The van der Waals surface area contributed by atoms with Gasteiger partial charge in [-0.15, -0.1) is 11.8 Å². The summed E-state index contributed by atoms with van der Waals surface area (Å²) in [6.45, 7) is 2.01. The minimum atomic E-state index is -1.04. The van der Waals surface area contributed by atoms with Gasteiger partial charge in [0.15, 0.2) is 0 Å². The number of aromatic carboxylic acids is 1. The summed E-state index contributed by atoms with van der Waals surface area (Å²) in [6, 6.07) is 11.8. The zero-order chi connectivity index (χ0) is 13.8. The monoisotopic (exact) mass is 276 g/mol. The molecule has 0 spiro atoms. The van der Waals surface area contributed by atoms with Crippen LogP contribution >= 0.6 is 11.8 Å². The molecule has 0 unspecified atom stereocenters. The maximum absolute atomic E-state index is 13.6. The first-order valence-electron chi connectivity index (χ1n) is 5.77. The van der Waals surface area contributed by atoms with E-state index >= 15 is 0 Å². The predicted octanol–water partition coefficient (Wildman–Crippen LogP) is 4.12. The first-order valence-corrected chi connectivity index (χ1v) is 6.76. The molecule has 0 aromatic heterocycles.